The number of benzene rings is 1. The van der Waals surface area contributed by atoms with E-state index in [1.165, 1.54) is 0 Å². The van der Waals surface area contributed by atoms with Gasteiger partial charge in [0.1, 0.15) is 0 Å². The second kappa shape index (κ2) is 6.13. The van der Waals surface area contributed by atoms with Crippen molar-refractivity contribution >= 4 is 31.9 Å². The minimum atomic E-state index is -3.64. The Bertz CT molecular complexity index is 484. The van der Waals surface area contributed by atoms with Gasteiger partial charge in [-0.15, -0.1) is 0 Å². The number of methoxy groups -OCH3 is 1. The fourth-order valence-electron chi connectivity index (χ4n) is 1.06. The van der Waals surface area contributed by atoms with Gasteiger partial charge in [-0.25, -0.2) is 13.1 Å². The first-order chi connectivity index (χ1) is 7.93. The molecule has 1 aromatic rings. The van der Waals surface area contributed by atoms with Gasteiger partial charge in [0.15, 0.2) is 5.75 Å². The Morgan fingerprint density at radius 3 is 2.47 bits per heavy atom. The van der Waals surface area contributed by atoms with Crippen molar-refractivity contribution in [2.45, 2.75) is 6.54 Å². The van der Waals surface area contributed by atoms with Gasteiger partial charge in [-0.2, -0.15) is 0 Å². The molecule has 0 amide bonds. The molecule has 7 heteroatoms. The molecule has 0 spiro atoms. The minimum absolute atomic E-state index is 0.145. The molecule has 0 unspecified atom stereocenters. The van der Waals surface area contributed by atoms with Gasteiger partial charge in [-0.3, -0.25) is 4.79 Å². The van der Waals surface area contributed by atoms with Gasteiger partial charge in [0, 0.05) is 11.0 Å². The molecule has 0 aromatic heterocycles. The summed E-state index contributed by atoms with van der Waals surface area (Å²) in [5.74, 6) is -1.45. The lowest BCUT2D eigenvalue weighted by molar-refractivity contribution is -0.137. The number of halogens is 1. The monoisotopic (exact) mass is 321 g/mol. The topological polar surface area (TPSA) is 72.5 Å². The summed E-state index contributed by atoms with van der Waals surface area (Å²) in [5, 5.41) is 0. The maximum atomic E-state index is 11.4. The van der Waals surface area contributed by atoms with Crippen LogP contribution in [0.3, 0.4) is 0 Å². The molecule has 94 valence electrons. The molecule has 0 saturated heterocycles. The Labute approximate surface area is 108 Å². The van der Waals surface area contributed by atoms with Crippen LogP contribution in [0, 0.1) is 0 Å². The zero-order valence-corrected chi connectivity index (χ0v) is 11.5. The molecule has 0 heterocycles. The van der Waals surface area contributed by atoms with Crippen LogP contribution in [0.25, 0.3) is 0 Å². The predicted molar refractivity (Wildman–Crippen MR) is 66.8 cm³/mol. The molecule has 1 aromatic carbocycles. The second-order valence-corrected chi connectivity index (χ2v) is 6.01. The second-order valence-electron chi connectivity index (χ2n) is 3.28. The molecule has 1 N–H and O–H groups in total. The summed E-state index contributed by atoms with van der Waals surface area (Å²) in [6.45, 7) is 0.145. The maximum absolute atomic E-state index is 11.4. The Morgan fingerprint density at radius 1 is 1.35 bits per heavy atom. The number of esters is 1. The number of carbonyl (C=O) groups excluding carboxylic acids is 1. The number of hydrogen-bond acceptors (Lipinski definition) is 4. The van der Waals surface area contributed by atoms with Crippen molar-refractivity contribution in [2.75, 3.05) is 12.9 Å². The quantitative estimate of drug-likeness (QED) is 0.822. The molecule has 0 saturated carbocycles. The normalized spacial score (nSPS) is 11.2. The summed E-state index contributed by atoms with van der Waals surface area (Å²) in [6, 6.07) is 7.18. The number of sulfonamides is 1. The fraction of sp³-hybridized carbons (Fsp3) is 0.300. The standard InChI is InChI=1S/C10H12BrNO4S/c1-16-10(13)7-17(14,15)12-6-8-2-4-9(11)5-3-8/h2-5,12H,6-7H2,1H3. The van der Waals surface area contributed by atoms with E-state index in [4.69, 9.17) is 0 Å². The van der Waals surface area contributed by atoms with Crippen molar-refractivity contribution in [3.05, 3.63) is 34.3 Å². The third-order valence-electron chi connectivity index (χ3n) is 1.95. The summed E-state index contributed by atoms with van der Waals surface area (Å²) in [5.41, 5.74) is 0.807. The van der Waals surface area contributed by atoms with Gasteiger partial charge in [-0.05, 0) is 17.7 Å². The average molecular weight is 322 g/mol. The van der Waals surface area contributed by atoms with Gasteiger partial charge in [0.2, 0.25) is 10.0 Å². The van der Waals surface area contributed by atoms with Crippen molar-refractivity contribution in [2.24, 2.45) is 0 Å². The first-order valence-electron chi connectivity index (χ1n) is 4.71. The predicted octanol–water partition coefficient (Wildman–Crippen LogP) is 1.04. The van der Waals surface area contributed by atoms with Gasteiger partial charge in [0.05, 0.1) is 7.11 Å². The lowest BCUT2D eigenvalue weighted by Crippen LogP contribution is -2.30. The van der Waals surface area contributed by atoms with Crippen molar-refractivity contribution in [3.63, 3.8) is 0 Å². The highest BCUT2D eigenvalue weighted by Crippen LogP contribution is 2.10. The molecule has 0 bridgehead atoms. The van der Waals surface area contributed by atoms with Crippen LogP contribution in [-0.2, 0) is 26.1 Å². The summed E-state index contributed by atoms with van der Waals surface area (Å²) >= 11 is 3.28. The molecule has 0 aliphatic heterocycles. The van der Waals surface area contributed by atoms with E-state index in [1.54, 1.807) is 12.1 Å². The van der Waals surface area contributed by atoms with E-state index >= 15 is 0 Å². The minimum Gasteiger partial charge on any atom is -0.468 e. The number of carbonyl (C=O) groups is 1. The SMILES string of the molecule is COC(=O)CS(=O)(=O)NCc1ccc(Br)cc1. The van der Waals surface area contributed by atoms with Crippen molar-refractivity contribution in [3.8, 4) is 0 Å². The lowest BCUT2D eigenvalue weighted by atomic mass is 10.2. The van der Waals surface area contributed by atoms with Gasteiger partial charge in [0.25, 0.3) is 0 Å². The molecule has 0 radical (unpaired) electrons. The zero-order valence-electron chi connectivity index (χ0n) is 9.14. The number of nitrogens with one attached hydrogen (secondary N) is 1. The number of ether oxygens (including phenoxy) is 1. The van der Waals surface area contributed by atoms with Gasteiger partial charge in [-0.1, -0.05) is 28.1 Å². The van der Waals surface area contributed by atoms with E-state index in [0.717, 1.165) is 17.1 Å². The van der Waals surface area contributed by atoms with E-state index in [1.807, 2.05) is 12.1 Å². The molecule has 0 aliphatic rings. The zero-order chi connectivity index (χ0) is 12.9. The van der Waals surface area contributed by atoms with Gasteiger partial charge >= 0.3 is 5.97 Å². The molecule has 17 heavy (non-hydrogen) atoms. The van der Waals surface area contributed by atoms with Crippen molar-refractivity contribution < 1.29 is 17.9 Å². The van der Waals surface area contributed by atoms with Crippen LogP contribution in [0.4, 0.5) is 0 Å². The average Bonchev–Trinajstić information content (AvgIpc) is 2.28. The highest BCUT2D eigenvalue weighted by Gasteiger charge is 2.16. The Hall–Kier alpha value is -0.920. The van der Waals surface area contributed by atoms with E-state index in [0.29, 0.717) is 0 Å². The summed E-state index contributed by atoms with van der Waals surface area (Å²) in [4.78, 5) is 10.8. The largest absolute Gasteiger partial charge is 0.468 e. The molecule has 0 aliphatic carbocycles. The Kier molecular flexibility index (Phi) is 5.10. The number of hydrogen-bond donors (Lipinski definition) is 1. The third-order valence-corrected chi connectivity index (χ3v) is 3.67. The van der Waals surface area contributed by atoms with E-state index in [-0.39, 0.29) is 6.54 Å². The molecule has 0 atom stereocenters. The molecular formula is C10H12BrNO4S. The van der Waals surface area contributed by atoms with Crippen molar-refractivity contribution in [1.29, 1.82) is 0 Å². The van der Waals surface area contributed by atoms with Gasteiger partial charge < -0.3 is 4.74 Å². The van der Waals surface area contributed by atoms with Crippen LogP contribution in [0.15, 0.2) is 28.7 Å². The third kappa shape index (κ3) is 5.29. The van der Waals surface area contributed by atoms with Crippen LogP contribution in [-0.4, -0.2) is 27.2 Å². The number of rotatable bonds is 5. The van der Waals surface area contributed by atoms with Crippen LogP contribution in [0.2, 0.25) is 0 Å². The van der Waals surface area contributed by atoms with Crippen LogP contribution >= 0.6 is 15.9 Å². The smallest absolute Gasteiger partial charge is 0.322 e. The van der Waals surface area contributed by atoms with Crippen LogP contribution in [0.1, 0.15) is 5.56 Å². The first kappa shape index (κ1) is 14.1. The first-order valence-corrected chi connectivity index (χ1v) is 7.16. The molecular weight excluding hydrogens is 310 g/mol. The van der Waals surface area contributed by atoms with E-state index < -0.39 is 21.7 Å². The fourth-order valence-corrected chi connectivity index (χ4v) is 2.24. The summed E-state index contributed by atoms with van der Waals surface area (Å²) < 4.78 is 30.4. The molecule has 0 fully saturated rings. The summed E-state index contributed by atoms with van der Waals surface area (Å²) in [7, 11) is -2.49. The Balaban J connectivity index is 2.55. The highest BCUT2D eigenvalue weighted by atomic mass is 79.9. The molecule has 5 nitrogen and oxygen atoms in total. The van der Waals surface area contributed by atoms with Crippen LogP contribution < -0.4 is 4.72 Å². The highest BCUT2D eigenvalue weighted by molar-refractivity contribution is 9.10. The lowest BCUT2D eigenvalue weighted by Gasteiger charge is -2.05. The van der Waals surface area contributed by atoms with Crippen molar-refractivity contribution in [1.82, 2.24) is 4.72 Å². The van der Waals surface area contributed by atoms with E-state index in [9.17, 15) is 13.2 Å². The summed E-state index contributed by atoms with van der Waals surface area (Å²) in [6.07, 6.45) is 0. The molecule has 1 rings (SSSR count). The van der Waals surface area contributed by atoms with Crippen LogP contribution in [0.5, 0.6) is 0 Å². The Morgan fingerprint density at radius 2 is 1.94 bits per heavy atom. The van der Waals surface area contributed by atoms with E-state index in [2.05, 4.69) is 25.4 Å². The maximum Gasteiger partial charge on any atom is 0.322 e.